The first-order valence-electron chi connectivity index (χ1n) is 5.06. The second kappa shape index (κ2) is 6.07. The highest BCUT2D eigenvalue weighted by Crippen LogP contribution is 2.13. The van der Waals surface area contributed by atoms with Crippen molar-refractivity contribution in [2.75, 3.05) is 13.1 Å². The summed E-state index contributed by atoms with van der Waals surface area (Å²) >= 11 is 0. The van der Waals surface area contributed by atoms with Crippen molar-refractivity contribution in [2.24, 2.45) is 5.73 Å². The van der Waals surface area contributed by atoms with Gasteiger partial charge in [-0.25, -0.2) is 0 Å². The highest BCUT2D eigenvalue weighted by molar-refractivity contribution is 5.94. The highest BCUT2D eigenvalue weighted by atomic mass is 19.4. The molecule has 0 aliphatic carbocycles. The summed E-state index contributed by atoms with van der Waals surface area (Å²) in [4.78, 5) is 11.4. The van der Waals surface area contributed by atoms with Crippen LogP contribution >= 0.6 is 0 Å². The van der Waals surface area contributed by atoms with Gasteiger partial charge in [0.25, 0.3) is 5.91 Å². The van der Waals surface area contributed by atoms with Crippen molar-refractivity contribution in [2.45, 2.75) is 6.18 Å². The van der Waals surface area contributed by atoms with Crippen LogP contribution in [0.2, 0.25) is 0 Å². The number of rotatable bonds is 2. The van der Waals surface area contributed by atoms with Crippen LogP contribution in [0, 0.1) is 11.8 Å². The maximum absolute atomic E-state index is 11.9. The molecule has 1 rings (SSSR count). The van der Waals surface area contributed by atoms with Crippen molar-refractivity contribution in [1.82, 2.24) is 5.32 Å². The molecule has 1 aromatic carbocycles. The van der Waals surface area contributed by atoms with Gasteiger partial charge in [-0.1, -0.05) is 17.9 Å². The lowest BCUT2D eigenvalue weighted by Gasteiger charge is -2.08. The van der Waals surface area contributed by atoms with Crippen LogP contribution < -0.4 is 11.1 Å². The Balaban J connectivity index is 2.74. The molecule has 1 amide bonds. The topological polar surface area (TPSA) is 55.1 Å². The van der Waals surface area contributed by atoms with E-state index in [1.807, 2.05) is 0 Å². The molecular weight excluding hydrogens is 245 g/mol. The first-order valence-corrected chi connectivity index (χ1v) is 5.06. The molecule has 0 fully saturated rings. The molecule has 3 N–H and O–H groups in total. The summed E-state index contributed by atoms with van der Waals surface area (Å²) < 4.78 is 35.8. The van der Waals surface area contributed by atoms with E-state index in [4.69, 9.17) is 5.73 Å². The van der Waals surface area contributed by atoms with Gasteiger partial charge in [-0.2, -0.15) is 13.2 Å². The monoisotopic (exact) mass is 256 g/mol. The van der Waals surface area contributed by atoms with Gasteiger partial charge < -0.3 is 11.1 Å². The summed E-state index contributed by atoms with van der Waals surface area (Å²) in [5.41, 5.74) is 5.85. The third-order valence-electron chi connectivity index (χ3n) is 1.91. The van der Waals surface area contributed by atoms with Crippen molar-refractivity contribution in [3.05, 3.63) is 35.4 Å². The maximum Gasteiger partial charge on any atom is 0.405 e. The third-order valence-corrected chi connectivity index (χ3v) is 1.91. The van der Waals surface area contributed by atoms with E-state index in [0.717, 1.165) is 0 Å². The molecule has 0 saturated carbocycles. The average Bonchev–Trinajstić information content (AvgIpc) is 2.33. The van der Waals surface area contributed by atoms with Gasteiger partial charge in [-0.15, -0.1) is 0 Å². The van der Waals surface area contributed by atoms with Gasteiger partial charge in [0.15, 0.2) is 0 Å². The first-order chi connectivity index (χ1) is 8.42. The summed E-state index contributed by atoms with van der Waals surface area (Å²) in [5, 5.41) is 1.79. The average molecular weight is 256 g/mol. The number of carbonyl (C=O) groups is 1. The number of benzene rings is 1. The van der Waals surface area contributed by atoms with Crippen LogP contribution in [0.1, 0.15) is 15.9 Å². The molecule has 6 heteroatoms. The molecule has 0 aliphatic heterocycles. The Morgan fingerprint density at radius 1 is 1.39 bits per heavy atom. The molecule has 1 aromatic rings. The van der Waals surface area contributed by atoms with E-state index in [-0.39, 0.29) is 12.1 Å². The summed E-state index contributed by atoms with van der Waals surface area (Å²) in [7, 11) is 0. The van der Waals surface area contributed by atoms with Crippen molar-refractivity contribution < 1.29 is 18.0 Å². The lowest BCUT2D eigenvalue weighted by Crippen LogP contribution is -2.33. The molecule has 0 aliphatic rings. The molecule has 0 spiro atoms. The molecule has 96 valence electrons. The Bertz CT molecular complexity index is 486. The second-order valence-electron chi connectivity index (χ2n) is 3.38. The standard InChI is InChI=1S/C12H11F3N2O/c13-12(14,15)8-17-11(18)10-5-1-3-9(7-10)4-2-6-16/h1,3,5,7H,6,8,16H2,(H,17,18). The van der Waals surface area contributed by atoms with Gasteiger partial charge in [0.2, 0.25) is 0 Å². The number of halogens is 3. The zero-order chi connectivity index (χ0) is 13.6. The Morgan fingerprint density at radius 2 is 2.11 bits per heavy atom. The summed E-state index contributed by atoms with van der Waals surface area (Å²) in [5.74, 6) is 4.50. The number of alkyl halides is 3. The van der Waals surface area contributed by atoms with Crippen molar-refractivity contribution in [3.8, 4) is 11.8 Å². The Kier molecular flexibility index (Phi) is 4.75. The minimum Gasteiger partial charge on any atom is -0.343 e. The SMILES string of the molecule is NCC#Cc1cccc(C(=O)NCC(F)(F)F)c1. The van der Waals surface area contributed by atoms with E-state index in [1.54, 1.807) is 17.4 Å². The van der Waals surface area contributed by atoms with E-state index in [1.165, 1.54) is 12.1 Å². The molecule has 0 bridgehead atoms. The van der Waals surface area contributed by atoms with E-state index in [0.29, 0.717) is 5.56 Å². The number of hydrogen-bond donors (Lipinski definition) is 2. The van der Waals surface area contributed by atoms with Gasteiger partial charge >= 0.3 is 6.18 Å². The minimum absolute atomic E-state index is 0.128. The Morgan fingerprint density at radius 3 is 2.72 bits per heavy atom. The summed E-state index contributed by atoms with van der Waals surface area (Å²) in [6, 6.07) is 6.01. The molecule has 0 aromatic heterocycles. The predicted octanol–water partition coefficient (Wildman–Crippen LogP) is 1.29. The van der Waals surface area contributed by atoms with Crippen LogP contribution in [0.15, 0.2) is 24.3 Å². The molecule has 18 heavy (non-hydrogen) atoms. The maximum atomic E-state index is 11.9. The fourth-order valence-corrected chi connectivity index (χ4v) is 1.17. The molecule has 0 saturated heterocycles. The zero-order valence-corrected chi connectivity index (χ0v) is 9.34. The van der Waals surface area contributed by atoms with Crippen LogP contribution in [0.25, 0.3) is 0 Å². The van der Waals surface area contributed by atoms with Gasteiger partial charge in [0.1, 0.15) is 6.54 Å². The fraction of sp³-hybridized carbons (Fsp3) is 0.250. The van der Waals surface area contributed by atoms with Crippen molar-refractivity contribution >= 4 is 5.91 Å². The smallest absolute Gasteiger partial charge is 0.343 e. The summed E-state index contributed by atoms with van der Waals surface area (Å²) in [6.07, 6.45) is -4.42. The van der Waals surface area contributed by atoms with E-state index >= 15 is 0 Å². The second-order valence-corrected chi connectivity index (χ2v) is 3.38. The number of carbonyl (C=O) groups excluding carboxylic acids is 1. The van der Waals surface area contributed by atoms with Crippen molar-refractivity contribution in [1.29, 1.82) is 0 Å². The molecule has 0 atom stereocenters. The molecule has 0 unspecified atom stereocenters. The Hall–Kier alpha value is -2.00. The van der Waals surface area contributed by atoms with Gasteiger partial charge in [-0.3, -0.25) is 4.79 Å². The lowest BCUT2D eigenvalue weighted by molar-refractivity contribution is -0.123. The fourth-order valence-electron chi connectivity index (χ4n) is 1.17. The highest BCUT2D eigenvalue weighted by Gasteiger charge is 2.27. The molecule has 3 nitrogen and oxygen atoms in total. The van der Waals surface area contributed by atoms with Crippen molar-refractivity contribution in [3.63, 3.8) is 0 Å². The normalized spacial score (nSPS) is 10.4. The number of nitrogens with one attached hydrogen (secondary N) is 1. The van der Waals surface area contributed by atoms with Crippen LogP contribution in [0.5, 0.6) is 0 Å². The van der Waals surface area contributed by atoms with Crippen LogP contribution in [-0.4, -0.2) is 25.2 Å². The number of amides is 1. The molecule has 0 radical (unpaired) electrons. The van der Waals surface area contributed by atoms with E-state index in [9.17, 15) is 18.0 Å². The molecule has 0 heterocycles. The van der Waals surface area contributed by atoms with Gasteiger partial charge in [-0.05, 0) is 18.2 Å². The largest absolute Gasteiger partial charge is 0.405 e. The van der Waals surface area contributed by atoms with Gasteiger partial charge in [0.05, 0.1) is 6.54 Å². The first kappa shape index (κ1) is 14.1. The lowest BCUT2D eigenvalue weighted by atomic mass is 10.1. The number of hydrogen-bond acceptors (Lipinski definition) is 2. The number of nitrogens with two attached hydrogens (primary N) is 1. The Labute approximate surface area is 102 Å². The van der Waals surface area contributed by atoms with E-state index < -0.39 is 18.6 Å². The quantitative estimate of drug-likeness (QED) is 0.783. The van der Waals surface area contributed by atoms with Gasteiger partial charge in [0, 0.05) is 11.1 Å². The summed E-state index contributed by atoms with van der Waals surface area (Å²) in [6.45, 7) is -1.19. The zero-order valence-electron chi connectivity index (χ0n) is 9.34. The van der Waals surface area contributed by atoms with E-state index in [2.05, 4.69) is 11.8 Å². The third kappa shape index (κ3) is 4.89. The van der Waals surface area contributed by atoms with Crippen LogP contribution in [0.4, 0.5) is 13.2 Å². The predicted molar refractivity (Wildman–Crippen MR) is 60.8 cm³/mol. The van der Waals surface area contributed by atoms with Crippen LogP contribution in [0.3, 0.4) is 0 Å². The van der Waals surface area contributed by atoms with Crippen LogP contribution in [-0.2, 0) is 0 Å². The minimum atomic E-state index is -4.42. The molecular formula is C12H11F3N2O.